The predicted molar refractivity (Wildman–Crippen MR) is 87.5 cm³/mol. The van der Waals surface area contributed by atoms with Crippen LogP contribution in [0.4, 0.5) is 21.5 Å². The second kappa shape index (κ2) is 7.10. The van der Waals surface area contributed by atoms with Gasteiger partial charge in [-0.25, -0.2) is 4.39 Å². The van der Waals surface area contributed by atoms with Crippen molar-refractivity contribution in [2.75, 3.05) is 44.0 Å². The number of carbonyl (C=O) groups is 1. The predicted octanol–water partition coefficient (Wildman–Crippen LogP) is 1.31. The fraction of sp³-hybridized carbons (Fsp3) is 0.533. The van der Waals surface area contributed by atoms with Crippen LogP contribution in [0.25, 0.3) is 0 Å². The van der Waals surface area contributed by atoms with Gasteiger partial charge in [-0.1, -0.05) is 0 Å². The molecule has 1 saturated heterocycles. The van der Waals surface area contributed by atoms with Gasteiger partial charge in [0.2, 0.25) is 5.91 Å². The van der Waals surface area contributed by atoms with Crippen LogP contribution < -0.4 is 10.6 Å². The first-order valence-corrected chi connectivity index (χ1v) is 7.58. The lowest BCUT2D eigenvalue weighted by atomic mass is 10.1. The molecule has 1 aliphatic rings. The lowest BCUT2D eigenvalue weighted by Gasteiger charge is -2.33. The van der Waals surface area contributed by atoms with Crippen LogP contribution in [0.15, 0.2) is 6.07 Å². The molecule has 2 rings (SSSR count). The number of likely N-dealkylation sites (N-methyl/N-ethyl adjacent to an activating group) is 1. The average molecular weight is 340 g/mol. The Morgan fingerprint density at radius 1 is 1.50 bits per heavy atom. The minimum Gasteiger partial charge on any atom is -0.391 e. The number of amides is 1. The Hall–Kier alpha value is -2.26. The summed E-state index contributed by atoms with van der Waals surface area (Å²) in [6, 6.07) is 0.690. The Balaban J connectivity index is 2.32. The fourth-order valence-corrected chi connectivity index (χ4v) is 2.76. The summed E-state index contributed by atoms with van der Waals surface area (Å²) < 4.78 is 19.5. The number of nitrogens with zero attached hydrogens (tertiary/aromatic N) is 3. The number of halogens is 1. The molecule has 2 N–H and O–H groups in total. The van der Waals surface area contributed by atoms with Crippen molar-refractivity contribution in [2.45, 2.75) is 19.9 Å². The van der Waals surface area contributed by atoms with Crippen LogP contribution in [0, 0.1) is 22.9 Å². The molecule has 132 valence electrons. The van der Waals surface area contributed by atoms with Crippen LogP contribution in [0.1, 0.15) is 12.5 Å². The maximum atomic E-state index is 14.2. The molecule has 0 spiro atoms. The highest BCUT2D eigenvalue weighted by atomic mass is 19.1. The molecule has 0 bridgehead atoms. The van der Waals surface area contributed by atoms with Crippen molar-refractivity contribution < 1.29 is 18.8 Å². The van der Waals surface area contributed by atoms with Gasteiger partial charge in [-0.05, 0) is 13.8 Å². The van der Waals surface area contributed by atoms with Crippen LogP contribution in [0.5, 0.6) is 0 Å². The van der Waals surface area contributed by atoms with Gasteiger partial charge in [0.05, 0.1) is 29.9 Å². The van der Waals surface area contributed by atoms with Crippen LogP contribution in [0.2, 0.25) is 0 Å². The number of hydrogen-bond acceptors (Lipinski definition) is 6. The van der Waals surface area contributed by atoms with Gasteiger partial charge in [-0.3, -0.25) is 19.8 Å². The van der Waals surface area contributed by atoms with E-state index in [0.717, 1.165) is 6.07 Å². The molecule has 1 aromatic rings. The van der Waals surface area contributed by atoms with E-state index in [9.17, 15) is 19.3 Å². The van der Waals surface area contributed by atoms with Gasteiger partial charge >= 0.3 is 0 Å². The van der Waals surface area contributed by atoms with Gasteiger partial charge < -0.3 is 15.4 Å². The third kappa shape index (κ3) is 3.31. The summed E-state index contributed by atoms with van der Waals surface area (Å²) in [6.45, 7) is 5.52. The third-order valence-corrected chi connectivity index (χ3v) is 4.34. The molecule has 1 fully saturated rings. The fourth-order valence-electron chi connectivity index (χ4n) is 2.76. The molecule has 1 aliphatic heterocycles. The molecular weight excluding hydrogens is 319 g/mol. The van der Waals surface area contributed by atoms with Crippen molar-refractivity contribution >= 4 is 23.0 Å². The molecular formula is C15H21FN4O4. The lowest BCUT2D eigenvalue weighted by molar-refractivity contribution is -0.384. The first-order chi connectivity index (χ1) is 11.3. The molecule has 8 nitrogen and oxygen atoms in total. The number of hydrogen-bond donors (Lipinski definition) is 1. The molecule has 24 heavy (non-hydrogen) atoms. The number of nitro benzene ring substituents is 1. The van der Waals surface area contributed by atoms with Crippen molar-refractivity contribution in [1.82, 2.24) is 4.90 Å². The second-order valence-electron chi connectivity index (χ2n) is 5.75. The van der Waals surface area contributed by atoms with Crippen LogP contribution >= 0.6 is 0 Å². The van der Waals surface area contributed by atoms with E-state index in [-0.39, 0.29) is 17.2 Å². The molecule has 9 heteroatoms. The lowest BCUT2D eigenvalue weighted by Crippen LogP contribution is -2.50. The van der Waals surface area contributed by atoms with E-state index in [4.69, 9.17) is 10.5 Å². The van der Waals surface area contributed by atoms with Gasteiger partial charge in [0, 0.05) is 31.8 Å². The number of nitro groups is 1. The maximum absolute atomic E-state index is 14.2. The molecule has 0 aliphatic carbocycles. The van der Waals surface area contributed by atoms with Crippen molar-refractivity contribution in [3.8, 4) is 0 Å². The highest BCUT2D eigenvalue weighted by molar-refractivity contribution is 5.98. The van der Waals surface area contributed by atoms with Gasteiger partial charge in [-0.2, -0.15) is 0 Å². The van der Waals surface area contributed by atoms with Crippen LogP contribution in [-0.2, 0) is 9.53 Å². The summed E-state index contributed by atoms with van der Waals surface area (Å²) in [7, 11) is 1.47. The zero-order chi connectivity index (χ0) is 18.0. The summed E-state index contributed by atoms with van der Waals surface area (Å²) in [6.07, 6.45) is 0. The summed E-state index contributed by atoms with van der Waals surface area (Å²) in [5.74, 6) is -1.16. The van der Waals surface area contributed by atoms with Gasteiger partial charge in [0.25, 0.3) is 5.69 Å². The minimum atomic E-state index is -0.877. The maximum Gasteiger partial charge on any atom is 0.297 e. The molecule has 1 aromatic carbocycles. The van der Waals surface area contributed by atoms with Gasteiger partial charge in [0.15, 0.2) is 5.82 Å². The van der Waals surface area contributed by atoms with Crippen molar-refractivity contribution in [1.29, 1.82) is 0 Å². The van der Waals surface area contributed by atoms with Crippen molar-refractivity contribution in [3.63, 3.8) is 0 Å². The number of ether oxygens (including phenoxy) is 1. The van der Waals surface area contributed by atoms with E-state index in [1.165, 1.54) is 18.9 Å². The Morgan fingerprint density at radius 3 is 2.62 bits per heavy atom. The van der Waals surface area contributed by atoms with E-state index in [1.54, 1.807) is 6.92 Å². The number of benzene rings is 1. The number of nitrogen functional groups attached to an aromatic ring is 1. The second-order valence-corrected chi connectivity index (χ2v) is 5.75. The number of rotatable bonds is 4. The molecule has 1 heterocycles. The van der Waals surface area contributed by atoms with E-state index < -0.39 is 28.2 Å². The number of nitrogens with two attached hydrogens (primary N) is 1. The van der Waals surface area contributed by atoms with E-state index >= 15 is 0 Å². The number of morpholine rings is 1. The van der Waals surface area contributed by atoms with Crippen LogP contribution in [-0.4, -0.2) is 55.1 Å². The van der Waals surface area contributed by atoms with Crippen molar-refractivity contribution in [3.05, 3.63) is 27.6 Å². The number of carbonyl (C=O) groups excluding carboxylic acids is 1. The molecule has 1 amide bonds. The molecule has 0 saturated carbocycles. The normalized spacial score (nSPS) is 16.7. The van der Waals surface area contributed by atoms with Crippen LogP contribution in [0.3, 0.4) is 0 Å². The third-order valence-electron chi connectivity index (χ3n) is 4.34. The molecule has 0 radical (unpaired) electrons. The van der Waals surface area contributed by atoms with E-state index in [0.29, 0.717) is 26.3 Å². The van der Waals surface area contributed by atoms with E-state index in [1.807, 2.05) is 4.90 Å². The Labute approximate surface area is 139 Å². The quantitative estimate of drug-likeness (QED) is 0.504. The topological polar surface area (TPSA) is 102 Å². The first-order valence-electron chi connectivity index (χ1n) is 7.58. The highest BCUT2D eigenvalue weighted by Crippen LogP contribution is 2.34. The van der Waals surface area contributed by atoms with Gasteiger partial charge in [-0.15, -0.1) is 0 Å². The summed E-state index contributed by atoms with van der Waals surface area (Å²) in [5.41, 5.74) is 4.63. The summed E-state index contributed by atoms with van der Waals surface area (Å²) in [4.78, 5) is 26.2. The molecule has 0 aromatic heterocycles. The monoisotopic (exact) mass is 340 g/mol. The zero-order valence-corrected chi connectivity index (χ0v) is 13.9. The standard InChI is InChI=1S/C15H21FN4O4/c1-9-11(8-12(20(22)23)14(17)13(9)16)18(3)15(21)10(2)19-4-6-24-7-5-19/h8,10H,4-7,17H2,1-3H3/t10-/m0/s1. The first kappa shape index (κ1) is 18.1. The minimum absolute atomic E-state index is 0.100. The average Bonchev–Trinajstić information content (AvgIpc) is 2.58. The zero-order valence-electron chi connectivity index (χ0n) is 13.9. The van der Waals surface area contributed by atoms with Gasteiger partial charge in [0.1, 0.15) is 5.69 Å². The van der Waals surface area contributed by atoms with Crippen molar-refractivity contribution in [2.24, 2.45) is 0 Å². The smallest absolute Gasteiger partial charge is 0.297 e. The summed E-state index contributed by atoms with van der Waals surface area (Å²) >= 11 is 0. The largest absolute Gasteiger partial charge is 0.391 e. The highest BCUT2D eigenvalue weighted by Gasteiger charge is 2.29. The SMILES string of the molecule is Cc1c(N(C)C(=O)[C@H](C)N2CCOCC2)cc([N+](=O)[O-])c(N)c1F. The van der Waals surface area contributed by atoms with E-state index in [2.05, 4.69) is 0 Å². The molecule has 1 atom stereocenters. The summed E-state index contributed by atoms with van der Waals surface area (Å²) in [5, 5.41) is 11.0. The Kier molecular flexibility index (Phi) is 5.35. The number of anilines is 2. The Morgan fingerprint density at radius 2 is 2.08 bits per heavy atom. The Bertz CT molecular complexity index is 661. The molecule has 0 unspecified atom stereocenters.